The van der Waals surface area contributed by atoms with Gasteiger partial charge in [-0.1, -0.05) is 24.3 Å². The van der Waals surface area contributed by atoms with Gasteiger partial charge in [-0.25, -0.2) is 4.79 Å². The average Bonchev–Trinajstić information content (AvgIpc) is 2.29. The molecule has 0 aliphatic heterocycles. The molecular formula is C12H12O3. The van der Waals surface area contributed by atoms with E-state index in [2.05, 4.69) is 0 Å². The molecular weight excluding hydrogens is 192 g/mol. The highest BCUT2D eigenvalue weighted by atomic mass is 16.5. The lowest BCUT2D eigenvalue weighted by Gasteiger charge is -2.07. The number of carbonyl (C=O) groups is 2. The molecule has 0 aliphatic rings. The summed E-state index contributed by atoms with van der Waals surface area (Å²) in [7, 11) is 0. The van der Waals surface area contributed by atoms with Crippen molar-refractivity contribution in [3.63, 3.8) is 0 Å². The van der Waals surface area contributed by atoms with Gasteiger partial charge in [-0.3, -0.25) is 4.79 Å². The standard InChI is InChI=1S/C12H12O3/c1-2-6-11(9-13)15-12(14)10-7-4-3-5-8-10/h2-9,11H,1H3/b6-2+. The molecule has 0 fully saturated rings. The zero-order valence-corrected chi connectivity index (χ0v) is 8.42. The monoisotopic (exact) mass is 204 g/mol. The van der Waals surface area contributed by atoms with Crippen LogP contribution in [0.4, 0.5) is 0 Å². The van der Waals surface area contributed by atoms with Gasteiger partial charge >= 0.3 is 5.97 Å². The highest BCUT2D eigenvalue weighted by Gasteiger charge is 2.11. The van der Waals surface area contributed by atoms with Crippen molar-refractivity contribution in [1.82, 2.24) is 0 Å². The lowest BCUT2D eigenvalue weighted by atomic mass is 10.2. The van der Waals surface area contributed by atoms with Gasteiger partial charge in [0.2, 0.25) is 0 Å². The predicted molar refractivity (Wildman–Crippen MR) is 56.5 cm³/mol. The Balaban J connectivity index is 2.67. The number of allylic oxidation sites excluding steroid dienone is 1. The minimum atomic E-state index is -0.803. The Bertz CT molecular complexity index is 354. The molecule has 0 amide bonds. The number of aldehydes is 1. The van der Waals surface area contributed by atoms with Gasteiger partial charge in [0.1, 0.15) is 0 Å². The molecule has 0 saturated heterocycles. The van der Waals surface area contributed by atoms with Crippen molar-refractivity contribution in [2.45, 2.75) is 13.0 Å². The van der Waals surface area contributed by atoms with Crippen molar-refractivity contribution in [3.05, 3.63) is 48.0 Å². The van der Waals surface area contributed by atoms with Crippen LogP contribution in [-0.2, 0) is 9.53 Å². The van der Waals surface area contributed by atoms with Crippen LogP contribution in [-0.4, -0.2) is 18.4 Å². The van der Waals surface area contributed by atoms with E-state index in [1.807, 2.05) is 0 Å². The van der Waals surface area contributed by atoms with Crippen LogP contribution in [0.15, 0.2) is 42.5 Å². The summed E-state index contributed by atoms with van der Waals surface area (Å²) < 4.78 is 4.93. The molecule has 0 bridgehead atoms. The summed E-state index contributed by atoms with van der Waals surface area (Å²) in [4.78, 5) is 22.0. The maximum absolute atomic E-state index is 11.5. The molecule has 0 radical (unpaired) electrons. The lowest BCUT2D eigenvalue weighted by Crippen LogP contribution is -2.17. The number of carbonyl (C=O) groups excluding carboxylic acids is 2. The van der Waals surface area contributed by atoms with Gasteiger partial charge in [0.05, 0.1) is 5.56 Å². The molecule has 0 aromatic heterocycles. The van der Waals surface area contributed by atoms with Gasteiger partial charge < -0.3 is 4.74 Å². The van der Waals surface area contributed by atoms with Crippen LogP contribution in [0.1, 0.15) is 17.3 Å². The van der Waals surface area contributed by atoms with Crippen LogP contribution in [0.3, 0.4) is 0 Å². The van der Waals surface area contributed by atoms with Gasteiger partial charge in [0.25, 0.3) is 0 Å². The molecule has 0 spiro atoms. The Hall–Kier alpha value is -1.90. The number of rotatable bonds is 4. The Morgan fingerprint density at radius 3 is 2.53 bits per heavy atom. The normalized spacial score (nSPS) is 12.3. The number of benzene rings is 1. The first-order valence-electron chi connectivity index (χ1n) is 4.62. The van der Waals surface area contributed by atoms with Crippen molar-refractivity contribution < 1.29 is 14.3 Å². The molecule has 1 aromatic carbocycles. The molecule has 1 atom stereocenters. The Morgan fingerprint density at radius 1 is 1.33 bits per heavy atom. The van der Waals surface area contributed by atoms with Crippen LogP contribution in [0.25, 0.3) is 0 Å². The average molecular weight is 204 g/mol. The minimum absolute atomic E-state index is 0.439. The predicted octanol–water partition coefficient (Wildman–Crippen LogP) is 1.99. The third-order valence-electron chi connectivity index (χ3n) is 1.77. The zero-order valence-electron chi connectivity index (χ0n) is 8.42. The number of hydrogen-bond donors (Lipinski definition) is 0. The van der Waals surface area contributed by atoms with Crippen LogP contribution >= 0.6 is 0 Å². The first-order valence-corrected chi connectivity index (χ1v) is 4.62. The van der Waals surface area contributed by atoms with E-state index in [-0.39, 0.29) is 0 Å². The third-order valence-corrected chi connectivity index (χ3v) is 1.77. The van der Waals surface area contributed by atoms with E-state index in [0.717, 1.165) is 0 Å². The topological polar surface area (TPSA) is 43.4 Å². The molecule has 0 saturated carbocycles. The zero-order chi connectivity index (χ0) is 11.1. The van der Waals surface area contributed by atoms with Crippen LogP contribution in [0.2, 0.25) is 0 Å². The van der Waals surface area contributed by atoms with Crippen LogP contribution in [0.5, 0.6) is 0 Å². The van der Waals surface area contributed by atoms with E-state index in [9.17, 15) is 9.59 Å². The van der Waals surface area contributed by atoms with Crippen molar-refractivity contribution >= 4 is 12.3 Å². The number of hydrogen-bond acceptors (Lipinski definition) is 3. The van der Waals surface area contributed by atoms with Crippen molar-refractivity contribution in [2.75, 3.05) is 0 Å². The fourth-order valence-electron chi connectivity index (χ4n) is 1.07. The lowest BCUT2D eigenvalue weighted by molar-refractivity contribution is -0.113. The van der Waals surface area contributed by atoms with E-state index in [1.54, 1.807) is 43.3 Å². The van der Waals surface area contributed by atoms with E-state index < -0.39 is 12.1 Å². The summed E-state index contributed by atoms with van der Waals surface area (Å²) in [6.45, 7) is 1.76. The van der Waals surface area contributed by atoms with E-state index in [1.165, 1.54) is 6.08 Å². The molecule has 3 heteroatoms. The summed E-state index contributed by atoms with van der Waals surface area (Å²) in [5.41, 5.74) is 0.439. The number of esters is 1. The Labute approximate surface area is 88.4 Å². The van der Waals surface area contributed by atoms with E-state index in [0.29, 0.717) is 11.8 Å². The third kappa shape index (κ3) is 3.38. The quantitative estimate of drug-likeness (QED) is 0.428. The Kier molecular flexibility index (Phi) is 4.29. The Morgan fingerprint density at radius 2 is 2.00 bits per heavy atom. The smallest absolute Gasteiger partial charge is 0.339 e. The van der Waals surface area contributed by atoms with Gasteiger partial charge in [-0.05, 0) is 25.1 Å². The SMILES string of the molecule is C/C=C/C(C=O)OC(=O)c1ccccc1. The molecule has 78 valence electrons. The maximum atomic E-state index is 11.5. The van der Waals surface area contributed by atoms with E-state index >= 15 is 0 Å². The van der Waals surface area contributed by atoms with Gasteiger partial charge in [0, 0.05) is 0 Å². The molecule has 0 aliphatic carbocycles. The minimum Gasteiger partial charge on any atom is -0.447 e. The first-order chi connectivity index (χ1) is 7.27. The summed E-state index contributed by atoms with van der Waals surface area (Å²) >= 11 is 0. The largest absolute Gasteiger partial charge is 0.447 e. The van der Waals surface area contributed by atoms with Gasteiger partial charge in [-0.15, -0.1) is 0 Å². The molecule has 1 rings (SSSR count). The van der Waals surface area contributed by atoms with Crippen LogP contribution < -0.4 is 0 Å². The van der Waals surface area contributed by atoms with Crippen LogP contribution in [0, 0.1) is 0 Å². The molecule has 3 nitrogen and oxygen atoms in total. The second-order valence-corrected chi connectivity index (χ2v) is 2.90. The van der Waals surface area contributed by atoms with E-state index in [4.69, 9.17) is 4.74 Å². The summed E-state index contributed by atoms with van der Waals surface area (Å²) in [5.74, 6) is -0.495. The van der Waals surface area contributed by atoms with Crippen molar-refractivity contribution in [1.29, 1.82) is 0 Å². The first kappa shape index (κ1) is 11.2. The van der Waals surface area contributed by atoms with Gasteiger partial charge in [0.15, 0.2) is 12.4 Å². The molecule has 1 unspecified atom stereocenters. The molecule has 0 N–H and O–H groups in total. The fourth-order valence-corrected chi connectivity index (χ4v) is 1.07. The van der Waals surface area contributed by atoms with Gasteiger partial charge in [-0.2, -0.15) is 0 Å². The second kappa shape index (κ2) is 5.75. The summed E-state index contributed by atoms with van der Waals surface area (Å²) in [6.07, 6.45) is 2.97. The molecule has 1 aromatic rings. The summed E-state index contributed by atoms with van der Waals surface area (Å²) in [5, 5.41) is 0. The summed E-state index contributed by atoms with van der Waals surface area (Å²) in [6, 6.07) is 8.56. The highest BCUT2D eigenvalue weighted by molar-refractivity contribution is 5.90. The maximum Gasteiger partial charge on any atom is 0.339 e. The van der Waals surface area contributed by atoms with Crippen molar-refractivity contribution in [2.24, 2.45) is 0 Å². The molecule has 0 heterocycles. The fraction of sp³-hybridized carbons (Fsp3) is 0.167. The van der Waals surface area contributed by atoms with Crippen molar-refractivity contribution in [3.8, 4) is 0 Å². The molecule has 15 heavy (non-hydrogen) atoms. The second-order valence-electron chi connectivity index (χ2n) is 2.90. The highest BCUT2D eigenvalue weighted by Crippen LogP contribution is 2.03. The number of ether oxygens (including phenoxy) is 1.